The lowest BCUT2D eigenvalue weighted by Gasteiger charge is -2.08. The Hall–Kier alpha value is -3.35. The highest BCUT2D eigenvalue weighted by atomic mass is 16.4. The molecule has 24 heavy (non-hydrogen) atoms. The lowest BCUT2D eigenvalue weighted by molar-refractivity contribution is 0.0686. The van der Waals surface area contributed by atoms with Crippen LogP contribution in [0, 0.1) is 0 Å². The molecule has 0 radical (unpaired) electrons. The maximum absolute atomic E-state index is 11.7. The standard InChI is InChI=1S/C17H16N2O5/c20-15(21)13-5-1-11(2-6-13)9-18-17(24)19-10-12-3-7-14(8-4-12)16(22)23/h1-8H,9-10H2,(H,20,21)(H,22,23)(H2,18,19,24). The zero-order chi connectivity index (χ0) is 17.5. The molecule has 0 saturated heterocycles. The quantitative estimate of drug-likeness (QED) is 0.648. The molecule has 7 heteroatoms. The van der Waals surface area contributed by atoms with Gasteiger partial charge in [0.1, 0.15) is 0 Å². The number of rotatable bonds is 6. The second-order valence-corrected chi connectivity index (χ2v) is 5.04. The third-order valence-electron chi connectivity index (χ3n) is 3.31. The van der Waals surface area contributed by atoms with Crippen molar-refractivity contribution in [1.29, 1.82) is 0 Å². The first kappa shape index (κ1) is 17.0. The van der Waals surface area contributed by atoms with Gasteiger partial charge in [0.25, 0.3) is 0 Å². The molecule has 0 heterocycles. The van der Waals surface area contributed by atoms with E-state index in [4.69, 9.17) is 10.2 Å². The minimum absolute atomic E-state index is 0.188. The van der Waals surface area contributed by atoms with Crippen molar-refractivity contribution in [1.82, 2.24) is 10.6 Å². The predicted molar refractivity (Wildman–Crippen MR) is 85.9 cm³/mol. The van der Waals surface area contributed by atoms with E-state index in [2.05, 4.69) is 10.6 Å². The number of carboxylic acids is 2. The lowest BCUT2D eigenvalue weighted by atomic mass is 10.1. The van der Waals surface area contributed by atoms with Gasteiger partial charge >= 0.3 is 18.0 Å². The summed E-state index contributed by atoms with van der Waals surface area (Å²) in [6, 6.07) is 12.1. The van der Waals surface area contributed by atoms with Gasteiger partial charge in [-0.1, -0.05) is 24.3 Å². The zero-order valence-electron chi connectivity index (χ0n) is 12.7. The van der Waals surface area contributed by atoms with Crippen molar-refractivity contribution >= 4 is 18.0 Å². The van der Waals surface area contributed by atoms with Crippen molar-refractivity contribution in [2.75, 3.05) is 0 Å². The molecule has 0 atom stereocenters. The Kier molecular flexibility index (Phi) is 5.51. The molecule has 0 aliphatic heterocycles. The van der Waals surface area contributed by atoms with E-state index < -0.39 is 11.9 Å². The van der Waals surface area contributed by atoms with Gasteiger partial charge in [-0.2, -0.15) is 0 Å². The monoisotopic (exact) mass is 328 g/mol. The van der Waals surface area contributed by atoms with Crippen LogP contribution in [0.5, 0.6) is 0 Å². The minimum atomic E-state index is -0.999. The number of aromatic carboxylic acids is 2. The Bertz CT molecular complexity index is 675. The molecule has 124 valence electrons. The smallest absolute Gasteiger partial charge is 0.335 e. The first-order valence-corrected chi connectivity index (χ1v) is 7.12. The topological polar surface area (TPSA) is 116 Å². The van der Waals surface area contributed by atoms with Crippen LogP contribution in [-0.2, 0) is 13.1 Å². The predicted octanol–water partition coefficient (Wildman–Crippen LogP) is 2.08. The Morgan fingerprint density at radius 2 is 1.00 bits per heavy atom. The normalized spacial score (nSPS) is 10.0. The molecule has 2 amide bonds. The van der Waals surface area contributed by atoms with Crippen molar-refractivity contribution in [3.8, 4) is 0 Å². The highest BCUT2D eigenvalue weighted by Crippen LogP contribution is 2.05. The van der Waals surface area contributed by atoms with Gasteiger partial charge in [-0.05, 0) is 35.4 Å². The van der Waals surface area contributed by atoms with Crippen LogP contribution in [0.15, 0.2) is 48.5 Å². The van der Waals surface area contributed by atoms with E-state index in [-0.39, 0.29) is 30.2 Å². The third-order valence-corrected chi connectivity index (χ3v) is 3.31. The summed E-state index contributed by atoms with van der Waals surface area (Å²) in [5.41, 5.74) is 1.93. The van der Waals surface area contributed by atoms with Crippen LogP contribution in [0.4, 0.5) is 4.79 Å². The number of amides is 2. The number of carboxylic acid groups (broad SMARTS) is 2. The maximum atomic E-state index is 11.7. The number of benzene rings is 2. The number of urea groups is 1. The second-order valence-electron chi connectivity index (χ2n) is 5.04. The summed E-state index contributed by atoms with van der Waals surface area (Å²) in [5, 5.41) is 22.9. The van der Waals surface area contributed by atoms with Crippen LogP contribution >= 0.6 is 0 Å². The van der Waals surface area contributed by atoms with Gasteiger partial charge in [0.2, 0.25) is 0 Å². The van der Waals surface area contributed by atoms with Gasteiger partial charge in [-0.15, -0.1) is 0 Å². The first-order chi connectivity index (χ1) is 11.5. The summed E-state index contributed by atoms with van der Waals surface area (Å²) >= 11 is 0. The van der Waals surface area contributed by atoms with Gasteiger partial charge < -0.3 is 20.8 Å². The number of hydrogen-bond donors (Lipinski definition) is 4. The minimum Gasteiger partial charge on any atom is -0.478 e. The molecule has 0 aliphatic carbocycles. The van der Waals surface area contributed by atoms with E-state index in [9.17, 15) is 14.4 Å². The molecule has 0 fully saturated rings. The zero-order valence-corrected chi connectivity index (χ0v) is 12.7. The number of nitrogens with one attached hydrogen (secondary N) is 2. The Morgan fingerprint density at radius 3 is 1.29 bits per heavy atom. The largest absolute Gasteiger partial charge is 0.478 e. The molecule has 2 aromatic rings. The highest BCUT2D eigenvalue weighted by Gasteiger charge is 2.05. The van der Waals surface area contributed by atoms with Gasteiger partial charge in [-0.3, -0.25) is 0 Å². The molecule has 7 nitrogen and oxygen atoms in total. The van der Waals surface area contributed by atoms with Gasteiger partial charge in [-0.25, -0.2) is 14.4 Å². The molecule has 0 aliphatic rings. The molecule has 4 N–H and O–H groups in total. The van der Waals surface area contributed by atoms with Gasteiger partial charge in [0.15, 0.2) is 0 Å². The molecule has 0 aromatic heterocycles. The van der Waals surface area contributed by atoms with E-state index in [0.29, 0.717) is 0 Å². The average Bonchev–Trinajstić information content (AvgIpc) is 2.58. The van der Waals surface area contributed by atoms with E-state index in [1.54, 1.807) is 24.3 Å². The van der Waals surface area contributed by atoms with E-state index in [1.807, 2.05) is 0 Å². The molecule has 0 saturated carbocycles. The Labute approximate surface area is 137 Å². The van der Waals surface area contributed by atoms with Crippen molar-refractivity contribution in [2.24, 2.45) is 0 Å². The number of carbonyl (C=O) groups excluding carboxylic acids is 1. The summed E-state index contributed by atoms with van der Waals surface area (Å²) in [7, 11) is 0. The second kappa shape index (κ2) is 7.77. The molecular formula is C17H16N2O5. The Balaban J connectivity index is 1.78. The van der Waals surface area contributed by atoms with Gasteiger partial charge in [0.05, 0.1) is 11.1 Å². The van der Waals surface area contributed by atoms with Crippen LogP contribution in [-0.4, -0.2) is 28.2 Å². The van der Waals surface area contributed by atoms with Crippen molar-refractivity contribution < 1.29 is 24.6 Å². The van der Waals surface area contributed by atoms with E-state index >= 15 is 0 Å². The lowest BCUT2D eigenvalue weighted by Crippen LogP contribution is -2.34. The molecule has 0 spiro atoms. The molecule has 2 aromatic carbocycles. The van der Waals surface area contributed by atoms with Crippen LogP contribution in [0.25, 0.3) is 0 Å². The summed E-state index contributed by atoms with van der Waals surface area (Å²) in [6.45, 7) is 0.535. The molecular weight excluding hydrogens is 312 g/mol. The van der Waals surface area contributed by atoms with Crippen molar-refractivity contribution in [3.05, 3.63) is 70.8 Å². The van der Waals surface area contributed by atoms with Gasteiger partial charge in [0, 0.05) is 13.1 Å². The first-order valence-electron chi connectivity index (χ1n) is 7.12. The fourth-order valence-corrected chi connectivity index (χ4v) is 1.96. The Morgan fingerprint density at radius 1 is 0.667 bits per heavy atom. The maximum Gasteiger partial charge on any atom is 0.335 e. The van der Waals surface area contributed by atoms with E-state index in [0.717, 1.165) is 11.1 Å². The van der Waals surface area contributed by atoms with Crippen LogP contribution < -0.4 is 10.6 Å². The van der Waals surface area contributed by atoms with Crippen molar-refractivity contribution in [2.45, 2.75) is 13.1 Å². The average molecular weight is 328 g/mol. The molecule has 0 bridgehead atoms. The van der Waals surface area contributed by atoms with Crippen LogP contribution in [0.1, 0.15) is 31.8 Å². The summed E-state index contributed by atoms with van der Waals surface area (Å²) in [4.78, 5) is 33.2. The van der Waals surface area contributed by atoms with E-state index in [1.165, 1.54) is 24.3 Å². The summed E-state index contributed by atoms with van der Waals surface area (Å²) in [6.07, 6.45) is 0. The molecule has 0 unspecified atom stereocenters. The van der Waals surface area contributed by atoms with Crippen molar-refractivity contribution in [3.63, 3.8) is 0 Å². The van der Waals surface area contributed by atoms with Crippen LogP contribution in [0.2, 0.25) is 0 Å². The SMILES string of the molecule is O=C(NCc1ccc(C(=O)O)cc1)NCc1ccc(C(=O)O)cc1. The third kappa shape index (κ3) is 4.84. The number of hydrogen-bond acceptors (Lipinski definition) is 3. The number of carbonyl (C=O) groups is 3. The summed E-state index contributed by atoms with van der Waals surface area (Å²) in [5.74, 6) is -2.00. The fourth-order valence-electron chi connectivity index (χ4n) is 1.96. The van der Waals surface area contributed by atoms with Crippen LogP contribution in [0.3, 0.4) is 0 Å². The highest BCUT2D eigenvalue weighted by molar-refractivity contribution is 5.88. The summed E-state index contributed by atoms with van der Waals surface area (Å²) < 4.78 is 0. The fraction of sp³-hybridized carbons (Fsp3) is 0.118. The molecule has 2 rings (SSSR count).